The maximum atomic E-state index is 12.6. The molecule has 0 amide bonds. The Morgan fingerprint density at radius 3 is 2.69 bits per heavy atom. The van der Waals surface area contributed by atoms with Crippen LogP contribution in [-0.4, -0.2) is 53.6 Å². The van der Waals surface area contributed by atoms with Crippen molar-refractivity contribution in [3.63, 3.8) is 0 Å². The molecule has 1 N–H and O–H groups in total. The number of nitrogens with zero attached hydrogens (tertiary/aromatic N) is 5. The van der Waals surface area contributed by atoms with Gasteiger partial charge in [0.2, 0.25) is 0 Å². The van der Waals surface area contributed by atoms with Crippen molar-refractivity contribution in [2.24, 2.45) is 0 Å². The van der Waals surface area contributed by atoms with Crippen molar-refractivity contribution in [2.75, 3.05) is 24.3 Å². The lowest BCUT2D eigenvalue weighted by atomic mass is 10.1. The van der Waals surface area contributed by atoms with Gasteiger partial charge in [-0.1, -0.05) is 18.3 Å². The van der Waals surface area contributed by atoms with E-state index in [2.05, 4.69) is 27.2 Å². The molecule has 36 heavy (non-hydrogen) atoms. The molecular weight excluding hydrogens is 492 g/mol. The summed E-state index contributed by atoms with van der Waals surface area (Å²) < 4.78 is 20.2. The highest BCUT2D eigenvalue weighted by molar-refractivity contribution is 7.82. The molecule has 4 aromatic heterocycles. The second kappa shape index (κ2) is 13.0. The van der Waals surface area contributed by atoms with E-state index in [1.165, 1.54) is 16.9 Å². The van der Waals surface area contributed by atoms with Gasteiger partial charge in [0.25, 0.3) is 0 Å². The molecule has 0 saturated heterocycles. The first-order valence-corrected chi connectivity index (χ1v) is 14.3. The largest absolute Gasteiger partial charge is 0.364 e. The second-order valence-corrected chi connectivity index (χ2v) is 11.0. The standard InChI is InChI=1S/C26H32N6O2S2/c1-4-15-32(36(33)18-34-19(2)3)16-5-6-20-9-14-28-24(17-20)31-26-30-23-8-7-22(29-25(23)35-26)21-10-12-27-13-11-21/h7-14,17,19H,4-6,15-16,18H2,1-3H3,(H,28,30,31). The van der Waals surface area contributed by atoms with Gasteiger partial charge in [-0.05, 0) is 75.1 Å². The molecule has 4 aromatic rings. The molecule has 0 aliphatic heterocycles. The van der Waals surface area contributed by atoms with Crippen LogP contribution in [0.2, 0.25) is 0 Å². The number of nitrogens with one attached hydrogen (secondary N) is 1. The van der Waals surface area contributed by atoms with Gasteiger partial charge in [-0.25, -0.2) is 23.5 Å². The van der Waals surface area contributed by atoms with Crippen LogP contribution in [0.1, 0.15) is 39.2 Å². The molecule has 4 heterocycles. The molecule has 0 bridgehead atoms. The summed E-state index contributed by atoms with van der Waals surface area (Å²) in [4.78, 5) is 18.8. The number of hydrogen-bond donors (Lipinski definition) is 1. The number of anilines is 2. The molecule has 0 fully saturated rings. The zero-order valence-corrected chi connectivity index (χ0v) is 22.5. The molecule has 0 radical (unpaired) electrons. The van der Waals surface area contributed by atoms with Crippen molar-refractivity contribution in [1.82, 2.24) is 24.2 Å². The fraction of sp³-hybridized carbons (Fsp3) is 0.385. The van der Waals surface area contributed by atoms with E-state index in [1.807, 2.05) is 60.7 Å². The summed E-state index contributed by atoms with van der Waals surface area (Å²) in [5.41, 5.74) is 3.95. The second-order valence-electron chi connectivity index (χ2n) is 8.64. The van der Waals surface area contributed by atoms with Crippen LogP contribution in [0.15, 0.2) is 55.0 Å². The Hall–Kier alpha value is -2.79. The van der Waals surface area contributed by atoms with Crippen molar-refractivity contribution in [1.29, 1.82) is 0 Å². The monoisotopic (exact) mass is 524 g/mol. The van der Waals surface area contributed by atoms with Gasteiger partial charge >= 0.3 is 0 Å². The van der Waals surface area contributed by atoms with Crippen LogP contribution < -0.4 is 5.32 Å². The highest BCUT2D eigenvalue weighted by atomic mass is 32.2. The number of ether oxygens (including phenoxy) is 1. The number of aromatic nitrogens is 4. The van der Waals surface area contributed by atoms with E-state index in [0.29, 0.717) is 0 Å². The predicted octanol–water partition coefficient (Wildman–Crippen LogP) is 5.58. The third-order valence-corrected chi connectivity index (χ3v) is 7.59. The Bertz CT molecular complexity index is 1280. The van der Waals surface area contributed by atoms with Crippen LogP contribution >= 0.6 is 11.3 Å². The molecule has 0 aliphatic carbocycles. The van der Waals surface area contributed by atoms with Crippen LogP contribution in [0.25, 0.3) is 21.6 Å². The Labute approximate surface area is 218 Å². The van der Waals surface area contributed by atoms with Gasteiger partial charge in [0, 0.05) is 37.2 Å². The molecule has 4 rings (SSSR count). The van der Waals surface area contributed by atoms with Gasteiger partial charge in [0.05, 0.1) is 11.8 Å². The first-order chi connectivity index (χ1) is 17.5. The van der Waals surface area contributed by atoms with Crippen molar-refractivity contribution < 1.29 is 8.95 Å². The molecule has 0 saturated carbocycles. The van der Waals surface area contributed by atoms with Crippen LogP contribution in [0, 0.1) is 0 Å². The minimum Gasteiger partial charge on any atom is -0.364 e. The van der Waals surface area contributed by atoms with Crippen LogP contribution in [0.4, 0.5) is 10.9 Å². The van der Waals surface area contributed by atoms with Gasteiger partial charge in [-0.15, -0.1) is 0 Å². The van der Waals surface area contributed by atoms with Crippen LogP contribution in [-0.2, 0) is 22.1 Å². The van der Waals surface area contributed by atoms with E-state index in [4.69, 9.17) is 9.72 Å². The molecule has 1 atom stereocenters. The Balaban J connectivity index is 1.36. The minimum atomic E-state index is -1.12. The maximum absolute atomic E-state index is 12.6. The Kier molecular flexibility index (Phi) is 9.46. The summed E-state index contributed by atoms with van der Waals surface area (Å²) in [6, 6.07) is 11.9. The van der Waals surface area contributed by atoms with E-state index in [0.717, 1.165) is 64.9 Å². The molecular formula is C26H32N6O2S2. The van der Waals surface area contributed by atoms with Gasteiger partial charge < -0.3 is 10.1 Å². The Morgan fingerprint density at radius 2 is 1.92 bits per heavy atom. The molecule has 0 aliphatic rings. The lowest BCUT2D eigenvalue weighted by molar-refractivity contribution is 0.115. The molecule has 0 aromatic carbocycles. The number of thiazole rings is 1. The summed E-state index contributed by atoms with van der Waals surface area (Å²) >= 11 is 1.50. The quantitative estimate of drug-likeness (QED) is 0.244. The summed E-state index contributed by atoms with van der Waals surface area (Å²) in [6.07, 6.45) is 8.15. The van der Waals surface area contributed by atoms with E-state index in [-0.39, 0.29) is 12.0 Å². The summed E-state index contributed by atoms with van der Waals surface area (Å²) in [5.74, 6) is 1.00. The van der Waals surface area contributed by atoms with Crippen LogP contribution in [0.3, 0.4) is 0 Å². The summed E-state index contributed by atoms with van der Waals surface area (Å²) in [6.45, 7) is 7.58. The van der Waals surface area contributed by atoms with Crippen molar-refractivity contribution in [2.45, 2.75) is 46.1 Å². The average molecular weight is 525 g/mol. The number of aryl methyl sites for hydroxylation is 1. The van der Waals surface area contributed by atoms with E-state index >= 15 is 0 Å². The Morgan fingerprint density at radius 1 is 1.08 bits per heavy atom. The van der Waals surface area contributed by atoms with E-state index in [1.54, 1.807) is 12.4 Å². The molecule has 190 valence electrons. The van der Waals surface area contributed by atoms with Crippen molar-refractivity contribution in [3.05, 3.63) is 60.6 Å². The molecule has 1 unspecified atom stereocenters. The molecule has 0 spiro atoms. The van der Waals surface area contributed by atoms with Crippen LogP contribution in [0.5, 0.6) is 0 Å². The number of hydrogen-bond acceptors (Lipinski definition) is 8. The highest BCUT2D eigenvalue weighted by Gasteiger charge is 2.13. The fourth-order valence-electron chi connectivity index (χ4n) is 3.65. The summed E-state index contributed by atoms with van der Waals surface area (Å²) in [7, 11) is -1.12. The first-order valence-electron chi connectivity index (χ1n) is 12.2. The third-order valence-electron chi connectivity index (χ3n) is 5.43. The average Bonchev–Trinajstić information content (AvgIpc) is 3.29. The predicted molar refractivity (Wildman–Crippen MR) is 148 cm³/mol. The normalized spacial score (nSPS) is 12.5. The number of fused-ring (bicyclic) bond motifs is 1. The molecule has 10 heteroatoms. The topological polar surface area (TPSA) is 93.1 Å². The molecule has 8 nitrogen and oxygen atoms in total. The highest BCUT2D eigenvalue weighted by Crippen LogP contribution is 2.29. The fourth-order valence-corrected chi connectivity index (χ4v) is 5.76. The zero-order valence-electron chi connectivity index (χ0n) is 20.9. The summed E-state index contributed by atoms with van der Waals surface area (Å²) in [5, 5.41) is 4.08. The van der Waals surface area contributed by atoms with Crippen molar-refractivity contribution in [3.8, 4) is 11.3 Å². The lowest BCUT2D eigenvalue weighted by Gasteiger charge is -2.21. The van der Waals surface area contributed by atoms with E-state index < -0.39 is 11.0 Å². The van der Waals surface area contributed by atoms with Gasteiger partial charge in [-0.2, -0.15) is 0 Å². The van der Waals surface area contributed by atoms with E-state index in [9.17, 15) is 4.21 Å². The smallest absolute Gasteiger partial charge is 0.190 e. The minimum absolute atomic E-state index is 0.0786. The number of pyridine rings is 3. The third kappa shape index (κ3) is 7.36. The van der Waals surface area contributed by atoms with Crippen molar-refractivity contribution >= 4 is 43.6 Å². The number of rotatable bonds is 13. The first kappa shape index (κ1) is 26.3. The van der Waals surface area contributed by atoms with Gasteiger partial charge in [-0.3, -0.25) is 4.98 Å². The van der Waals surface area contributed by atoms with Gasteiger partial charge in [0.1, 0.15) is 33.1 Å². The zero-order chi connectivity index (χ0) is 25.3. The lowest BCUT2D eigenvalue weighted by Crippen LogP contribution is -2.31. The maximum Gasteiger partial charge on any atom is 0.190 e. The van der Waals surface area contributed by atoms with Gasteiger partial charge in [0.15, 0.2) is 5.13 Å². The SMILES string of the molecule is CCCN(CCCc1ccnc(Nc2nc3ccc(-c4ccncc4)nc3s2)c1)S(=O)COC(C)C.